The average molecular weight is 481 g/mol. The van der Waals surface area contributed by atoms with Crippen LogP contribution in [0.2, 0.25) is 5.02 Å². The molecule has 0 fully saturated rings. The first kappa shape index (κ1) is 22.5. The van der Waals surface area contributed by atoms with Gasteiger partial charge in [-0.25, -0.2) is 14.8 Å². The van der Waals surface area contributed by atoms with Gasteiger partial charge in [0.25, 0.3) is 0 Å². The third-order valence-corrected chi connectivity index (χ3v) is 6.36. The van der Waals surface area contributed by atoms with Crippen molar-refractivity contribution in [2.45, 2.75) is 12.8 Å². The number of aryl methyl sites for hydroxylation is 1. The van der Waals surface area contributed by atoms with Crippen molar-refractivity contribution >= 4 is 62.3 Å². The highest BCUT2D eigenvalue weighted by atomic mass is 35.5. The number of hydrogen-bond donors (Lipinski definition) is 4. The summed E-state index contributed by atoms with van der Waals surface area (Å²) < 4.78 is 0. The molecule has 0 unspecified atom stereocenters. The highest BCUT2D eigenvalue weighted by Crippen LogP contribution is 2.40. The zero-order valence-corrected chi connectivity index (χ0v) is 19.3. The van der Waals surface area contributed by atoms with Crippen LogP contribution in [0.25, 0.3) is 21.3 Å². The van der Waals surface area contributed by atoms with E-state index in [0.29, 0.717) is 35.1 Å². The summed E-state index contributed by atoms with van der Waals surface area (Å²) in [6.07, 6.45) is 2.34. The zero-order chi connectivity index (χ0) is 23.4. The normalized spacial score (nSPS) is 10.7. The van der Waals surface area contributed by atoms with Crippen molar-refractivity contribution in [3.8, 4) is 11.1 Å². The molecule has 10 heteroatoms. The SMILES string of the molecule is CNC(=O)CCc1sc2ncnc(N)c2c1-c1ccc(NC(=O)Nc2cccc(Cl)c2)cc1. The van der Waals surface area contributed by atoms with Crippen LogP contribution >= 0.6 is 22.9 Å². The van der Waals surface area contributed by atoms with E-state index in [1.165, 1.54) is 17.7 Å². The van der Waals surface area contributed by atoms with Gasteiger partial charge in [0.1, 0.15) is 17.0 Å². The van der Waals surface area contributed by atoms with E-state index in [0.717, 1.165) is 26.2 Å². The summed E-state index contributed by atoms with van der Waals surface area (Å²) in [7, 11) is 1.62. The summed E-state index contributed by atoms with van der Waals surface area (Å²) in [5.74, 6) is 0.350. The zero-order valence-electron chi connectivity index (χ0n) is 17.7. The lowest BCUT2D eigenvalue weighted by Gasteiger charge is -2.10. The lowest BCUT2D eigenvalue weighted by molar-refractivity contribution is -0.120. The summed E-state index contributed by atoms with van der Waals surface area (Å²) in [5, 5.41) is 9.50. The molecule has 2 heterocycles. The van der Waals surface area contributed by atoms with Crippen molar-refractivity contribution in [1.82, 2.24) is 15.3 Å². The number of benzene rings is 2. The molecule has 2 aromatic carbocycles. The van der Waals surface area contributed by atoms with Crippen LogP contribution in [0.4, 0.5) is 22.0 Å². The molecule has 0 aliphatic heterocycles. The van der Waals surface area contributed by atoms with E-state index in [2.05, 4.69) is 25.9 Å². The van der Waals surface area contributed by atoms with Gasteiger partial charge in [-0.2, -0.15) is 0 Å². The first-order chi connectivity index (χ1) is 15.9. The maximum absolute atomic E-state index is 12.3. The number of nitrogens with two attached hydrogens (primary N) is 1. The van der Waals surface area contributed by atoms with E-state index >= 15 is 0 Å². The van der Waals surface area contributed by atoms with Gasteiger partial charge in [-0.05, 0) is 42.3 Å². The fraction of sp³-hybridized carbons (Fsp3) is 0.130. The van der Waals surface area contributed by atoms with Crippen LogP contribution in [0.15, 0.2) is 54.9 Å². The molecular formula is C23H21ClN6O2S. The number of nitrogens with zero attached hydrogens (tertiary/aromatic N) is 2. The third-order valence-electron chi connectivity index (χ3n) is 4.96. The number of thiophene rings is 1. The van der Waals surface area contributed by atoms with Gasteiger partial charge < -0.3 is 21.7 Å². The fourth-order valence-corrected chi connectivity index (χ4v) is 4.77. The summed E-state index contributed by atoms with van der Waals surface area (Å²) >= 11 is 7.46. The minimum Gasteiger partial charge on any atom is -0.383 e. The maximum Gasteiger partial charge on any atom is 0.323 e. The Kier molecular flexibility index (Phi) is 6.71. The number of hydrogen-bond acceptors (Lipinski definition) is 6. The second kappa shape index (κ2) is 9.85. The van der Waals surface area contributed by atoms with E-state index in [4.69, 9.17) is 17.3 Å². The van der Waals surface area contributed by atoms with Crippen molar-refractivity contribution in [2.24, 2.45) is 0 Å². The molecule has 4 rings (SSSR count). The van der Waals surface area contributed by atoms with E-state index < -0.39 is 0 Å². The number of nitrogen functional groups attached to an aromatic ring is 1. The quantitative estimate of drug-likeness (QED) is 0.312. The molecule has 0 atom stereocenters. The standard InChI is InChI=1S/C23H21ClN6O2S/c1-26-18(31)10-9-17-19(20-21(25)27-12-28-22(20)33-17)13-5-7-15(8-6-13)29-23(32)30-16-4-2-3-14(24)11-16/h2-8,11-12H,9-10H2,1H3,(H,26,31)(H2,25,27,28)(H2,29,30,32). The predicted octanol–water partition coefficient (Wildman–Crippen LogP) is 4.92. The van der Waals surface area contributed by atoms with E-state index in [1.807, 2.05) is 12.1 Å². The molecule has 3 amide bonds. The second-order valence-corrected chi connectivity index (χ2v) is 8.70. The topological polar surface area (TPSA) is 122 Å². The van der Waals surface area contributed by atoms with Gasteiger partial charge in [-0.1, -0.05) is 29.8 Å². The molecule has 0 saturated heterocycles. The second-order valence-electron chi connectivity index (χ2n) is 7.18. The molecule has 5 N–H and O–H groups in total. The number of amides is 3. The minimum atomic E-state index is -0.380. The smallest absolute Gasteiger partial charge is 0.323 e. The predicted molar refractivity (Wildman–Crippen MR) is 134 cm³/mol. The lowest BCUT2D eigenvalue weighted by atomic mass is 10.0. The van der Waals surface area contributed by atoms with Gasteiger partial charge in [0, 0.05) is 40.3 Å². The van der Waals surface area contributed by atoms with Gasteiger partial charge >= 0.3 is 6.03 Å². The molecule has 2 aromatic heterocycles. The first-order valence-corrected chi connectivity index (χ1v) is 11.3. The van der Waals surface area contributed by atoms with Crippen LogP contribution in [0.1, 0.15) is 11.3 Å². The average Bonchev–Trinajstić information content (AvgIpc) is 3.17. The summed E-state index contributed by atoms with van der Waals surface area (Å²) in [6.45, 7) is 0. The Labute approximate surface area is 199 Å². The van der Waals surface area contributed by atoms with Crippen molar-refractivity contribution in [3.05, 3.63) is 64.8 Å². The Morgan fingerprint density at radius 2 is 1.82 bits per heavy atom. The van der Waals surface area contributed by atoms with E-state index in [9.17, 15) is 9.59 Å². The van der Waals surface area contributed by atoms with Gasteiger partial charge in [0.15, 0.2) is 0 Å². The van der Waals surface area contributed by atoms with Crippen molar-refractivity contribution in [3.63, 3.8) is 0 Å². The van der Waals surface area contributed by atoms with Crippen molar-refractivity contribution < 1.29 is 9.59 Å². The molecule has 168 valence electrons. The number of carbonyl (C=O) groups is 2. The van der Waals surface area contributed by atoms with Crippen LogP contribution < -0.4 is 21.7 Å². The van der Waals surface area contributed by atoms with Crippen LogP contribution in [-0.2, 0) is 11.2 Å². The number of fused-ring (bicyclic) bond motifs is 1. The lowest BCUT2D eigenvalue weighted by Crippen LogP contribution is -2.19. The summed E-state index contributed by atoms with van der Waals surface area (Å²) in [4.78, 5) is 34.4. The highest BCUT2D eigenvalue weighted by molar-refractivity contribution is 7.19. The first-order valence-electron chi connectivity index (χ1n) is 10.1. The highest BCUT2D eigenvalue weighted by Gasteiger charge is 2.18. The molecule has 0 bridgehead atoms. The molecule has 4 aromatic rings. The largest absolute Gasteiger partial charge is 0.383 e. The van der Waals surface area contributed by atoms with Crippen LogP contribution in [0, 0.1) is 0 Å². The summed E-state index contributed by atoms with van der Waals surface area (Å²) in [6, 6.07) is 13.9. The Morgan fingerprint density at radius 3 is 2.55 bits per heavy atom. The number of carbonyl (C=O) groups excluding carboxylic acids is 2. The molecule has 0 radical (unpaired) electrons. The van der Waals surface area contributed by atoms with E-state index in [-0.39, 0.29) is 11.9 Å². The Hall–Kier alpha value is -3.69. The Bertz CT molecular complexity index is 1320. The Morgan fingerprint density at radius 1 is 1.06 bits per heavy atom. The molecule has 0 aliphatic carbocycles. The monoisotopic (exact) mass is 480 g/mol. The number of aromatic nitrogens is 2. The summed E-state index contributed by atoms with van der Waals surface area (Å²) in [5.41, 5.74) is 9.19. The third kappa shape index (κ3) is 5.21. The minimum absolute atomic E-state index is 0.0391. The fourth-order valence-electron chi connectivity index (χ4n) is 3.42. The molecule has 0 saturated carbocycles. The molecule has 0 aliphatic rings. The molecule has 0 spiro atoms. The molecular weight excluding hydrogens is 460 g/mol. The van der Waals surface area contributed by atoms with Gasteiger partial charge in [0.2, 0.25) is 5.91 Å². The maximum atomic E-state index is 12.3. The number of urea groups is 1. The number of anilines is 3. The number of rotatable bonds is 6. The van der Waals surface area contributed by atoms with Crippen LogP contribution in [-0.4, -0.2) is 29.0 Å². The number of nitrogens with one attached hydrogen (secondary N) is 3. The van der Waals surface area contributed by atoms with Crippen molar-refractivity contribution in [1.29, 1.82) is 0 Å². The van der Waals surface area contributed by atoms with Crippen molar-refractivity contribution in [2.75, 3.05) is 23.4 Å². The number of halogens is 1. The molecule has 8 nitrogen and oxygen atoms in total. The molecule has 33 heavy (non-hydrogen) atoms. The van der Waals surface area contributed by atoms with Crippen LogP contribution in [0.5, 0.6) is 0 Å². The Balaban J connectivity index is 1.58. The van der Waals surface area contributed by atoms with E-state index in [1.54, 1.807) is 43.4 Å². The van der Waals surface area contributed by atoms with Gasteiger partial charge in [-0.15, -0.1) is 11.3 Å². The van der Waals surface area contributed by atoms with Gasteiger partial charge in [0.05, 0.1) is 5.39 Å². The van der Waals surface area contributed by atoms with Crippen LogP contribution in [0.3, 0.4) is 0 Å². The van der Waals surface area contributed by atoms with Gasteiger partial charge in [-0.3, -0.25) is 4.79 Å².